The van der Waals surface area contributed by atoms with Crippen LogP contribution in [0.25, 0.3) is 0 Å². The summed E-state index contributed by atoms with van der Waals surface area (Å²) in [6, 6.07) is 18.9. The van der Waals surface area contributed by atoms with E-state index in [0.717, 1.165) is 15.4 Å². The molecule has 3 rings (SSSR count). The van der Waals surface area contributed by atoms with E-state index in [1.165, 1.54) is 35.2 Å². The topological polar surface area (TPSA) is 86.8 Å². The molecule has 1 atom stereocenters. The third kappa shape index (κ3) is 7.75. The van der Waals surface area contributed by atoms with Crippen LogP contribution < -0.4 is 9.62 Å². The average molecular weight is 591 g/mol. The minimum Gasteiger partial charge on any atom is -0.354 e. The molecule has 10 heteroatoms. The number of hydrogen-bond donors (Lipinski definition) is 1. The van der Waals surface area contributed by atoms with Crippen molar-refractivity contribution in [3.63, 3.8) is 0 Å². The van der Waals surface area contributed by atoms with Gasteiger partial charge in [-0.1, -0.05) is 79.5 Å². The number of nitrogens with zero attached hydrogens (tertiary/aromatic N) is 2. The molecule has 0 unspecified atom stereocenters. The highest BCUT2D eigenvalue weighted by atomic mass is 35.5. The lowest BCUT2D eigenvalue weighted by atomic mass is 10.1. The number of carbonyl (C=O) groups excluding carboxylic acids is 2. The van der Waals surface area contributed by atoms with Gasteiger partial charge in [0, 0.05) is 18.1 Å². The molecule has 0 heterocycles. The molecule has 0 fully saturated rings. The molecule has 1 N–H and O–H groups in total. The predicted octanol–water partition coefficient (Wildman–Crippen LogP) is 5.69. The fraction of sp³-hybridized carbons (Fsp3) is 0.310. The fourth-order valence-corrected chi connectivity index (χ4v) is 5.94. The molecule has 0 aliphatic heterocycles. The van der Waals surface area contributed by atoms with Crippen molar-refractivity contribution in [2.24, 2.45) is 5.92 Å². The molecule has 3 aromatic rings. The Kier molecular flexibility index (Phi) is 10.4. The van der Waals surface area contributed by atoms with Gasteiger partial charge in [0.1, 0.15) is 12.6 Å². The summed E-state index contributed by atoms with van der Waals surface area (Å²) in [5.41, 5.74) is 1.89. The van der Waals surface area contributed by atoms with Crippen LogP contribution in [0, 0.1) is 12.8 Å². The maximum Gasteiger partial charge on any atom is 0.264 e. The Morgan fingerprint density at radius 1 is 0.923 bits per heavy atom. The van der Waals surface area contributed by atoms with Crippen molar-refractivity contribution < 1.29 is 18.0 Å². The van der Waals surface area contributed by atoms with Crippen molar-refractivity contribution in [2.75, 3.05) is 17.4 Å². The summed E-state index contributed by atoms with van der Waals surface area (Å²) < 4.78 is 28.6. The van der Waals surface area contributed by atoms with Gasteiger partial charge in [0.05, 0.1) is 15.6 Å². The van der Waals surface area contributed by atoms with Crippen LogP contribution in [0.5, 0.6) is 0 Å². The second-order valence-electron chi connectivity index (χ2n) is 9.68. The molecule has 39 heavy (non-hydrogen) atoms. The minimum absolute atomic E-state index is 0.00278. The molecular formula is C29H33Cl2N3O4S. The quantitative estimate of drug-likeness (QED) is 0.311. The summed E-state index contributed by atoms with van der Waals surface area (Å²) in [6.45, 7) is 7.50. The Morgan fingerprint density at radius 3 is 2.18 bits per heavy atom. The highest BCUT2D eigenvalue weighted by molar-refractivity contribution is 7.92. The van der Waals surface area contributed by atoms with Crippen LogP contribution in [0.15, 0.2) is 77.7 Å². The van der Waals surface area contributed by atoms with Gasteiger partial charge in [0.15, 0.2) is 0 Å². The summed E-state index contributed by atoms with van der Waals surface area (Å²) in [7, 11) is -4.21. The summed E-state index contributed by atoms with van der Waals surface area (Å²) in [5, 5.41) is 3.27. The third-order valence-electron chi connectivity index (χ3n) is 6.24. The SMILES string of the molecule is Cc1ccccc1CN(C(=O)CN(c1ccc(Cl)cc1Cl)S(=O)(=O)c1ccccc1)[C@@H](C)C(=O)NCC(C)C. The number of carbonyl (C=O) groups is 2. The zero-order valence-electron chi connectivity index (χ0n) is 22.4. The molecule has 208 valence electrons. The zero-order valence-corrected chi connectivity index (χ0v) is 24.7. The van der Waals surface area contributed by atoms with Crippen molar-refractivity contribution in [1.82, 2.24) is 10.2 Å². The first kappa shape index (κ1) is 30.5. The Balaban J connectivity index is 2.04. The number of aryl methyl sites for hydroxylation is 1. The summed E-state index contributed by atoms with van der Waals surface area (Å²) >= 11 is 12.5. The van der Waals surface area contributed by atoms with E-state index < -0.39 is 28.5 Å². The van der Waals surface area contributed by atoms with Crippen molar-refractivity contribution >= 4 is 50.7 Å². The number of sulfonamides is 1. The van der Waals surface area contributed by atoms with Gasteiger partial charge in [-0.15, -0.1) is 0 Å². The Hall–Kier alpha value is -3.07. The lowest BCUT2D eigenvalue weighted by Gasteiger charge is -2.32. The highest BCUT2D eigenvalue weighted by Crippen LogP contribution is 2.33. The van der Waals surface area contributed by atoms with Crippen molar-refractivity contribution in [2.45, 2.75) is 45.2 Å². The summed E-state index contributed by atoms with van der Waals surface area (Å²) in [4.78, 5) is 28.4. The normalized spacial score (nSPS) is 12.2. The molecule has 0 saturated heterocycles. The van der Waals surface area contributed by atoms with Gasteiger partial charge in [0.25, 0.3) is 10.0 Å². The van der Waals surface area contributed by atoms with Crippen LogP contribution >= 0.6 is 23.2 Å². The van der Waals surface area contributed by atoms with Gasteiger partial charge in [-0.2, -0.15) is 0 Å². The van der Waals surface area contributed by atoms with E-state index in [9.17, 15) is 18.0 Å². The number of hydrogen-bond acceptors (Lipinski definition) is 4. The van der Waals surface area contributed by atoms with E-state index in [2.05, 4.69) is 5.32 Å². The number of amides is 2. The molecule has 0 saturated carbocycles. The smallest absolute Gasteiger partial charge is 0.264 e. The maximum atomic E-state index is 14.0. The molecule has 0 aromatic heterocycles. The van der Waals surface area contributed by atoms with Gasteiger partial charge in [-0.3, -0.25) is 13.9 Å². The van der Waals surface area contributed by atoms with Crippen LogP contribution in [-0.2, 0) is 26.2 Å². The number of anilines is 1. The minimum atomic E-state index is -4.21. The number of nitrogens with one attached hydrogen (secondary N) is 1. The first-order chi connectivity index (χ1) is 18.4. The number of rotatable bonds is 11. The lowest BCUT2D eigenvalue weighted by molar-refractivity contribution is -0.139. The van der Waals surface area contributed by atoms with Gasteiger partial charge < -0.3 is 10.2 Å². The first-order valence-electron chi connectivity index (χ1n) is 12.6. The van der Waals surface area contributed by atoms with E-state index in [4.69, 9.17) is 23.2 Å². The highest BCUT2D eigenvalue weighted by Gasteiger charge is 2.33. The Bertz CT molecular complexity index is 1420. The van der Waals surface area contributed by atoms with Crippen molar-refractivity contribution in [3.8, 4) is 0 Å². The predicted molar refractivity (Wildman–Crippen MR) is 156 cm³/mol. The number of benzene rings is 3. The van der Waals surface area contributed by atoms with Gasteiger partial charge in [-0.25, -0.2) is 8.42 Å². The fourth-order valence-electron chi connectivity index (χ4n) is 3.92. The summed E-state index contributed by atoms with van der Waals surface area (Å²) in [5.74, 6) is -0.663. The second-order valence-corrected chi connectivity index (χ2v) is 12.4. The van der Waals surface area contributed by atoms with E-state index in [1.54, 1.807) is 25.1 Å². The van der Waals surface area contributed by atoms with Gasteiger partial charge in [0.2, 0.25) is 11.8 Å². The molecule has 0 aliphatic rings. The van der Waals surface area contributed by atoms with Crippen LogP contribution in [0.3, 0.4) is 0 Å². The molecule has 0 radical (unpaired) electrons. The Labute approximate surface area is 240 Å². The van der Waals surface area contributed by atoms with Crippen LogP contribution in [0.4, 0.5) is 5.69 Å². The molecule has 0 spiro atoms. The van der Waals surface area contributed by atoms with E-state index in [0.29, 0.717) is 11.6 Å². The third-order valence-corrected chi connectivity index (χ3v) is 8.55. The molecule has 7 nitrogen and oxygen atoms in total. The standard InChI is InChI=1S/C29H33Cl2N3O4S/c1-20(2)17-32-29(36)22(4)33(18-23-11-9-8-10-21(23)3)28(35)19-34(27-15-14-24(30)16-26(27)31)39(37,38)25-12-6-5-7-13-25/h5-16,20,22H,17-19H2,1-4H3,(H,32,36)/t22-/m0/s1. The van der Waals surface area contributed by atoms with E-state index in [1.807, 2.05) is 45.0 Å². The largest absolute Gasteiger partial charge is 0.354 e. The molecule has 2 amide bonds. The van der Waals surface area contributed by atoms with Crippen molar-refractivity contribution in [3.05, 3.63) is 94.0 Å². The lowest BCUT2D eigenvalue weighted by Crippen LogP contribution is -2.51. The first-order valence-corrected chi connectivity index (χ1v) is 14.8. The molecular weight excluding hydrogens is 557 g/mol. The maximum absolute atomic E-state index is 14.0. The van der Waals surface area contributed by atoms with E-state index >= 15 is 0 Å². The van der Waals surface area contributed by atoms with Gasteiger partial charge in [-0.05, 0) is 61.2 Å². The van der Waals surface area contributed by atoms with Crippen LogP contribution in [-0.4, -0.2) is 44.3 Å². The Morgan fingerprint density at radius 2 is 1.56 bits per heavy atom. The molecule has 0 aliphatic carbocycles. The van der Waals surface area contributed by atoms with E-state index in [-0.39, 0.29) is 34.0 Å². The van der Waals surface area contributed by atoms with Crippen LogP contribution in [0.2, 0.25) is 10.0 Å². The summed E-state index contributed by atoms with van der Waals surface area (Å²) in [6.07, 6.45) is 0. The second kappa shape index (κ2) is 13.3. The monoisotopic (exact) mass is 589 g/mol. The van der Waals surface area contributed by atoms with Crippen LogP contribution in [0.1, 0.15) is 31.9 Å². The van der Waals surface area contributed by atoms with Crippen molar-refractivity contribution in [1.29, 1.82) is 0 Å². The molecule has 0 bridgehead atoms. The average Bonchev–Trinajstić information content (AvgIpc) is 2.90. The van der Waals surface area contributed by atoms with Gasteiger partial charge >= 0.3 is 0 Å². The zero-order chi connectivity index (χ0) is 28.7. The number of halogens is 2. The molecule has 3 aromatic carbocycles.